The molecule has 0 aliphatic rings. The third kappa shape index (κ3) is 3.60. The number of nitrogens with one attached hydrogen (secondary N) is 2. The fraction of sp³-hybridized carbons (Fsp3) is 0.333. The number of nitrogens with zero attached hydrogens (tertiary/aromatic N) is 4. The standard InChI is InChI=1S/C18H22N6O/c1-5-15-14(10-24(4)23-15)9-20-16-7-6-13(8-19-16)17-21-12(3)11(2)18(25)22-17/h6-8,10H,5,9H2,1-4H3,(H,19,20)(H,21,22,25). The lowest BCUT2D eigenvalue weighted by Crippen LogP contribution is -2.14. The number of H-pyrrole nitrogens is 1. The van der Waals surface area contributed by atoms with Gasteiger partial charge in [0.05, 0.1) is 5.69 Å². The molecular weight excluding hydrogens is 316 g/mol. The van der Waals surface area contributed by atoms with Crippen molar-refractivity contribution in [3.05, 3.63) is 57.4 Å². The summed E-state index contributed by atoms with van der Waals surface area (Å²) >= 11 is 0. The molecule has 0 saturated heterocycles. The Labute approximate surface area is 146 Å². The maximum atomic E-state index is 11.9. The molecule has 0 spiro atoms. The summed E-state index contributed by atoms with van der Waals surface area (Å²) in [4.78, 5) is 23.5. The predicted octanol–water partition coefficient (Wildman–Crippen LogP) is 2.36. The summed E-state index contributed by atoms with van der Waals surface area (Å²) < 4.78 is 1.83. The van der Waals surface area contributed by atoms with Crippen molar-refractivity contribution in [2.45, 2.75) is 33.7 Å². The molecule has 3 heterocycles. The van der Waals surface area contributed by atoms with Crippen LogP contribution in [0.25, 0.3) is 11.4 Å². The van der Waals surface area contributed by atoms with Crippen LogP contribution in [0.5, 0.6) is 0 Å². The smallest absolute Gasteiger partial charge is 0.254 e. The van der Waals surface area contributed by atoms with Gasteiger partial charge in [0.25, 0.3) is 5.56 Å². The molecule has 0 amide bonds. The van der Waals surface area contributed by atoms with Crippen molar-refractivity contribution in [1.29, 1.82) is 0 Å². The van der Waals surface area contributed by atoms with Gasteiger partial charge in [-0.2, -0.15) is 5.10 Å². The maximum Gasteiger partial charge on any atom is 0.254 e. The Bertz CT molecular complexity index is 939. The minimum absolute atomic E-state index is 0.117. The first-order chi connectivity index (χ1) is 12.0. The lowest BCUT2D eigenvalue weighted by atomic mass is 10.2. The van der Waals surface area contributed by atoms with Gasteiger partial charge in [0.2, 0.25) is 0 Å². The summed E-state index contributed by atoms with van der Waals surface area (Å²) in [5, 5.41) is 7.74. The van der Waals surface area contributed by atoms with E-state index in [2.05, 4.69) is 32.3 Å². The first kappa shape index (κ1) is 16.9. The zero-order valence-corrected chi connectivity index (χ0v) is 14.9. The first-order valence-electron chi connectivity index (χ1n) is 8.27. The van der Waals surface area contributed by atoms with Crippen molar-refractivity contribution in [1.82, 2.24) is 24.7 Å². The minimum atomic E-state index is -0.117. The fourth-order valence-corrected chi connectivity index (χ4v) is 2.64. The molecule has 3 rings (SSSR count). The summed E-state index contributed by atoms with van der Waals surface area (Å²) in [5.41, 5.74) is 4.28. The maximum absolute atomic E-state index is 11.9. The fourth-order valence-electron chi connectivity index (χ4n) is 2.64. The van der Waals surface area contributed by atoms with Crippen LogP contribution in [-0.2, 0) is 20.0 Å². The summed E-state index contributed by atoms with van der Waals surface area (Å²) in [5.74, 6) is 1.30. The Morgan fingerprint density at radius 3 is 2.72 bits per heavy atom. The predicted molar refractivity (Wildman–Crippen MR) is 97.5 cm³/mol. The van der Waals surface area contributed by atoms with E-state index in [0.717, 1.165) is 34.8 Å². The van der Waals surface area contributed by atoms with Crippen LogP contribution in [-0.4, -0.2) is 24.7 Å². The van der Waals surface area contributed by atoms with Crippen LogP contribution in [0.3, 0.4) is 0 Å². The molecule has 0 radical (unpaired) electrons. The van der Waals surface area contributed by atoms with Crippen molar-refractivity contribution in [3.8, 4) is 11.4 Å². The normalized spacial score (nSPS) is 10.9. The number of pyridine rings is 1. The monoisotopic (exact) mass is 338 g/mol. The Balaban J connectivity index is 1.75. The van der Waals surface area contributed by atoms with Crippen LogP contribution in [0.1, 0.15) is 29.4 Å². The van der Waals surface area contributed by atoms with E-state index in [-0.39, 0.29) is 5.56 Å². The molecule has 7 heteroatoms. The highest BCUT2D eigenvalue weighted by Crippen LogP contribution is 2.16. The zero-order chi connectivity index (χ0) is 18.0. The third-order valence-corrected chi connectivity index (χ3v) is 4.22. The molecule has 130 valence electrons. The van der Waals surface area contributed by atoms with Crippen molar-refractivity contribution < 1.29 is 0 Å². The minimum Gasteiger partial charge on any atom is -0.366 e. The number of hydrogen-bond donors (Lipinski definition) is 2. The summed E-state index contributed by atoms with van der Waals surface area (Å²) in [7, 11) is 1.92. The van der Waals surface area contributed by atoms with Gasteiger partial charge in [-0.05, 0) is 32.4 Å². The van der Waals surface area contributed by atoms with Gasteiger partial charge in [0, 0.05) is 48.4 Å². The summed E-state index contributed by atoms with van der Waals surface area (Å²) in [6.45, 7) is 6.36. The van der Waals surface area contributed by atoms with Crippen molar-refractivity contribution >= 4 is 5.82 Å². The van der Waals surface area contributed by atoms with Crippen LogP contribution < -0.4 is 10.9 Å². The second-order valence-electron chi connectivity index (χ2n) is 6.04. The number of rotatable bonds is 5. The molecule has 0 fully saturated rings. The number of aromatic amines is 1. The van der Waals surface area contributed by atoms with E-state index in [1.54, 1.807) is 13.1 Å². The van der Waals surface area contributed by atoms with Crippen LogP contribution in [0, 0.1) is 13.8 Å². The topological polar surface area (TPSA) is 88.5 Å². The van der Waals surface area contributed by atoms with Crippen LogP contribution in [0.2, 0.25) is 0 Å². The van der Waals surface area contributed by atoms with E-state index < -0.39 is 0 Å². The number of hydrogen-bond acceptors (Lipinski definition) is 5. The van der Waals surface area contributed by atoms with E-state index in [4.69, 9.17) is 0 Å². The number of anilines is 1. The first-order valence-corrected chi connectivity index (χ1v) is 8.27. The Morgan fingerprint density at radius 2 is 2.08 bits per heavy atom. The third-order valence-electron chi connectivity index (χ3n) is 4.22. The van der Waals surface area contributed by atoms with E-state index in [0.29, 0.717) is 17.9 Å². The average molecular weight is 338 g/mol. The number of aromatic nitrogens is 5. The summed E-state index contributed by atoms with van der Waals surface area (Å²) in [6, 6.07) is 3.78. The van der Waals surface area contributed by atoms with Gasteiger partial charge in [-0.3, -0.25) is 9.48 Å². The molecule has 0 saturated carbocycles. The molecule has 0 unspecified atom stereocenters. The highest BCUT2D eigenvalue weighted by Gasteiger charge is 2.08. The molecule has 25 heavy (non-hydrogen) atoms. The van der Waals surface area contributed by atoms with Gasteiger partial charge < -0.3 is 10.3 Å². The second-order valence-corrected chi connectivity index (χ2v) is 6.04. The summed E-state index contributed by atoms with van der Waals surface area (Å²) in [6.07, 6.45) is 4.62. The Kier molecular flexibility index (Phi) is 4.65. The van der Waals surface area contributed by atoms with E-state index >= 15 is 0 Å². The van der Waals surface area contributed by atoms with Crippen LogP contribution >= 0.6 is 0 Å². The van der Waals surface area contributed by atoms with Gasteiger partial charge in [0.15, 0.2) is 0 Å². The van der Waals surface area contributed by atoms with E-state index in [1.807, 2.05) is 37.0 Å². The van der Waals surface area contributed by atoms with Gasteiger partial charge in [-0.15, -0.1) is 0 Å². The molecule has 3 aromatic rings. The van der Waals surface area contributed by atoms with Gasteiger partial charge >= 0.3 is 0 Å². The lowest BCUT2D eigenvalue weighted by molar-refractivity contribution is 0.746. The van der Waals surface area contributed by atoms with E-state index in [1.165, 1.54) is 0 Å². The molecule has 0 atom stereocenters. The molecule has 0 aliphatic carbocycles. The second kappa shape index (κ2) is 6.88. The van der Waals surface area contributed by atoms with E-state index in [9.17, 15) is 4.79 Å². The van der Waals surface area contributed by atoms with Gasteiger partial charge in [-0.25, -0.2) is 9.97 Å². The molecule has 3 aromatic heterocycles. The molecular formula is C18H22N6O. The molecule has 7 nitrogen and oxygen atoms in total. The molecule has 2 N–H and O–H groups in total. The largest absolute Gasteiger partial charge is 0.366 e. The lowest BCUT2D eigenvalue weighted by Gasteiger charge is -2.07. The Hall–Kier alpha value is -2.96. The molecule has 0 aliphatic heterocycles. The van der Waals surface area contributed by atoms with Crippen molar-refractivity contribution in [3.63, 3.8) is 0 Å². The van der Waals surface area contributed by atoms with Gasteiger partial charge in [0.1, 0.15) is 11.6 Å². The highest BCUT2D eigenvalue weighted by molar-refractivity contribution is 5.56. The highest BCUT2D eigenvalue weighted by atomic mass is 16.1. The average Bonchev–Trinajstić information content (AvgIpc) is 2.97. The SMILES string of the molecule is CCc1nn(C)cc1CNc1ccc(-c2nc(C)c(C)c(=O)[nH]2)cn1. The van der Waals surface area contributed by atoms with Crippen molar-refractivity contribution in [2.75, 3.05) is 5.32 Å². The van der Waals surface area contributed by atoms with Crippen LogP contribution in [0.4, 0.5) is 5.82 Å². The quantitative estimate of drug-likeness (QED) is 0.745. The zero-order valence-electron chi connectivity index (χ0n) is 14.9. The Morgan fingerprint density at radius 1 is 1.28 bits per heavy atom. The van der Waals surface area contributed by atoms with Crippen molar-refractivity contribution in [2.24, 2.45) is 7.05 Å². The van der Waals surface area contributed by atoms with Gasteiger partial charge in [-0.1, -0.05) is 6.92 Å². The van der Waals surface area contributed by atoms with Crippen LogP contribution in [0.15, 0.2) is 29.3 Å². The number of aryl methyl sites for hydroxylation is 3. The molecule has 0 aromatic carbocycles. The molecule has 0 bridgehead atoms.